The molecule has 59 heavy (non-hydrogen) atoms. The lowest BCUT2D eigenvalue weighted by Gasteiger charge is -2.18. The zero-order valence-electron chi connectivity index (χ0n) is 40.4. The molecule has 0 N–H and O–H groups in total. The highest BCUT2D eigenvalue weighted by molar-refractivity contribution is 5.71. The first-order chi connectivity index (χ1) is 28.8. The van der Waals surface area contributed by atoms with E-state index >= 15 is 0 Å². The van der Waals surface area contributed by atoms with Crippen molar-refractivity contribution in [2.75, 3.05) is 13.2 Å². The average Bonchev–Trinajstić information content (AvgIpc) is 3.22. The molecule has 0 radical (unpaired) electrons. The quantitative estimate of drug-likeness (QED) is 0.0345. The third-order valence-electron chi connectivity index (χ3n) is 12.3. The van der Waals surface area contributed by atoms with Crippen LogP contribution in [0.2, 0.25) is 0 Å². The lowest BCUT2D eigenvalue weighted by Crippen LogP contribution is -2.30. The molecule has 0 saturated carbocycles. The predicted molar refractivity (Wildman–Crippen MR) is 252 cm³/mol. The van der Waals surface area contributed by atoms with Crippen LogP contribution in [0, 0.1) is 11.8 Å². The molecule has 0 bridgehead atoms. The summed E-state index contributed by atoms with van der Waals surface area (Å²) in [6.07, 6.45) is 46.5. The summed E-state index contributed by atoms with van der Waals surface area (Å²) in [6.45, 7) is 11.4. The minimum Gasteiger partial charge on any atom is -0.462 e. The van der Waals surface area contributed by atoms with Crippen LogP contribution in [0.25, 0.3) is 0 Å². The molecule has 0 aliphatic heterocycles. The average molecular weight is 835 g/mol. The van der Waals surface area contributed by atoms with E-state index in [1.807, 2.05) is 0 Å². The molecule has 0 aromatic heterocycles. The predicted octanol–water partition coefficient (Wildman–Crippen LogP) is 16.9. The molecule has 0 aliphatic carbocycles. The molecule has 0 spiro atoms. The molecule has 350 valence electrons. The molecular formula is C53H102O6. The van der Waals surface area contributed by atoms with Crippen molar-refractivity contribution in [1.82, 2.24) is 0 Å². The number of rotatable bonds is 47. The van der Waals surface area contributed by atoms with E-state index in [-0.39, 0.29) is 31.1 Å². The molecule has 0 fully saturated rings. The zero-order valence-corrected chi connectivity index (χ0v) is 40.4. The van der Waals surface area contributed by atoms with Crippen LogP contribution in [0.4, 0.5) is 0 Å². The first-order valence-electron chi connectivity index (χ1n) is 26.3. The van der Waals surface area contributed by atoms with E-state index in [1.54, 1.807) is 0 Å². The highest BCUT2D eigenvalue weighted by Gasteiger charge is 2.19. The Hall–Kier alpha value is -1.59. The van der Waals surface area contributed by atoms with E-state index in [2.05, 4.69) is 34.6 Å². The molecule has 1 unspecified atom stereocenters. The SMILES string of the molecule is CCCCCCCCCCCCCCCCC(=O)OC[C@@H](COC(=O)CCCCCCCCCCCCC(C)C)OC(=O)CCCCCCCCCCCCC(C)CC. The molecule has 0 aliphatic rings. The van der Waals surface area contributed by atoms with E-state index in [9.17, 15) is 14.4 Å². The Morgan fingerprint density at radius 1 is 0.356 bits per heavy atom. The van der Waals surface area contributed by atoms with Gasteiger partial charge in [-0.05, 0) is 31.1 Å². The van der Waals surface area contributed by atoms with Crippen molar-refractivity contribution in [3.8, 4) is 0 Å². The monoisotopic (exact) mass is 835 g/mol. The third-order valence-corrected chi connectivity index (χ3v) is 12.3. The van der Waals surface area contributed by atoms with E-state index in [4.69, 9.17) is 14.2 Å². The Kier molecular flexibility index (Phi) is 44.7. The van der Waals surface area contributed by atoms with Crippen LogP contribution in [0.5, 0.6) is 0 Å². The largest absolute Gasteiger partial charge is 0.462 e. The zero-order chi connectivity index (χ0) is 43.3. The van der Waals surface area contributed by atoms with Gasteiger partial charge in [-0.25, -0.2) is 0 Å². The van der Waals surface area contributed by atoms with Crippen molar-refractivity contribution in [3.05, 3.63) is 0 Å². The summed E-state index contributed by atoms with van der Waals surface area (Å²) in [4.78, 5) is 38.0. The van der Waals surface area contributed by atoms with Crippen molar-refractivity contribution < 1.29 is 28.6 Å². The number of carbonyl (C=O) groups excluding carboxylic acids is 3. The van der Waals surface area contributed by atoms with Gasteiger partial charge in [-0.15, -0.1) is 0 Å². The van der Waals surface area contributed by atoms with E-state index in [0.29, 0.717) is 19.3 Å². The molecule has 0 heterocycles. The van der Waals surface area contributed by atoms with Crippen LogP contribution in [0.1, 0.15) is 291 Å². The molecule has 0 saturated heterocycles. The van der Waals surface area contributed by atoms with Crippen molar-refractivity contribution in [3.63, 3.8) is 0 Å². The number of esters is 3. The fourth-order valence-corrected chi connectivity index (χ4v) is 7.96. The molecule has 2 atom stereocenters. The highest BCUT2D eigenvalue weighted by atomic mass is 16.6. The van der Waals surface area contributed by atoms with Gasteiger partial charge >= 0.3 is 17.9 Å². The lowest BCUT2D eigenvalue weighted by atomic mass is 9.99. The van der Waals surface area contributed by atoms with Crippen LogP contribution >= 0.6 is 0 Å². The van der Waals surface area contributed by atoms with Gasteiger partial charge in [0.2, 0.25) is 0 Å². The van der Waals surface area contributed by atoms with Gasteiger partial charge in [0.05, 0.1) is 0 Å². The molecule has 6 nitrogen and oxygen atoms in total. The molecule has 0 aromatic rings. The summed E-state index contributed by atoms with van der Waals surface area (Å²) in [5.41, 5.74) is 0. The summed E-state index contributed by atoms with van der Waals surface area (Å²) in [7, 11) is 0. The molecule has 0 rings (SSSR count). The lowest BCUT2D eigenvalue weighted by molar-refractivity contribution is -0.167. The second-order valence-corrected chi connectivity index (χ2v) is 18.9. The van der Waals surface area contributed by atoms with Crippen molar-refractivity contribution >= 4 is 17.9 Å². The fourth-order valence-electron chi connectivity index (χ4n) is 7.96. The second kappa shape index (κ2) is 45.9. The van der Waals surface area contributed by atoms with E-state index in [0.717, 1.165) is 69.6 Å². The smallest absolute Gasteiger partial charge is 0.306 e. The number of unbranched alkanes of at least 4 members (excludes halogenated alkanes) is 31. The second-order valence-electron chi connectivity index (χ2n) is 18.9. The van der Waals surface area contributed by atoms with Crippen LogP contribution in [-0.4, -0.2) is 37.2 Å². The van der Waals surface area contributed by atoms with Crippen molar-refractivity contribution in [2.45, 2.75) is 298 Å². The van der Waals surface area contributed by atoms with Crippen LogP contribution in [0.3, 0.4) is 0 Å². The number of carbonyl (C=O) groups is 3. The van der Waals surface area contributed by atoms with Gasteiger partial charge in [-0.3, -0.25) is 14.4 Å². The summed E-state index contributed by atoms with van der Waals surface area (Å²) in [5.74, 6) is 0.838. The van der Waals surface area contributed by atoms with E-state index < -0.39 is 6.10 Å². The number of hydrogen-bond acceptors (Lipinski definition) is 6. The molecule has 6 heteroatoms. The summed E-state index contributed by atoms with van der Waals surface area (Å²) in [5, 5.41) is 0. The first-order valence-corrected chi connectivity index (χ1v) is 26.3. The molecule has 0 amide bonds. The minimum atomic E-state index is -0.762. The maximum Gasteiger partial charge on any atom is 0.306 e. The highest BCUT2D eigenvalue weighted by Crippen LogP contribution is 2.18. The number of hydrogen-bond donors (Lipinski definition) is 0. The maximum atomic E-state index is 12.8. The van der Waals surface area contributed by atoms with Crippen molar-refractivity contribution in [2.24, 2.45) is 11.8 Å². The van der Waals surface area contributed by atoms with Crippen LogP contribution in [-0.2, 0) is 28.6 Å². The minimum absolute atomic E-state index is 0.0637. The normalized spacial score (nSPS) is 12.5. The maximum absolute atomic E-state index is 12.8. The summed E-state index contributed by atoms with van der Waals surface area (Å²) in [6, 6.07) is 0. The molecule has 0 aromatic carbocycles. The Morgan fingerprint density at radius 3 is 0.966 bits per heavy atom. The summed E-state index contributed by atoms with van der Waals surface area (Å²) >= 11 is 0. The van der Waals surface area contributed by atoms with E-state index in [1.165, 1.54) is 180 Å². The number of ether oxygens (including phenoxy) is 3. The van der Waals surface area contributed by atoms with Gasteiger partial charge in [0, 0.05) is 19.3 Å². The Balaban J connectivity index is 4.33. The Morgan fingerprint density at radius 2 is 0.644 bits per heavy atom. The van der Waals surface area contributed by atoms with Crippen LogP contribution in [0.15, 0.2) is 0 Å². The van der Waals surface area contributed by atoms with Crippen LogP contribution < -0.4 is 0 Å². The van der Waals surface area contributed by atoms with Gasteiger partial charge in [0.25, 0.3) is 0 Å². The van der Waals surface area contributed by atoms with Gasteiger partial charge < -0.3 is 14.2 Å². The standard InChI is InChI=1S/C53H102O6/c1-6-8-9-10-11-12-13-14-15-16-23-28-33-38-43-51(54)57-46-50(47-58-52(55)44-39-34-29-24-19-17-21-26-31-36-41-48(3)4)59-53(56)45-40-35-30-25-20-18-22-27-32-37-42-49(5)7-2/h48-50H,6-47H2,1-5H3/t49?,50-/m0/s1. The topological polar surface area (TPSA) is 78.9 Å². The van der Waals surface area contributed by atoms with Gasteiger partial charge in [0.1, 0.15) is 13.2 Å². The fraction of sp³-hybridized carbons (Fsp3) is 0.943. The third kappa shape index (κ3) is 45.8. The Bertz CT molecular complexity index is 902. The van der Waals surface area contributed by atoms with Gasteiger partial charge in [-0.2, -0.15) is 0 Å². The summed E-state index contributed by atoms with van der Waals surface area (Å²) < 4.78 is 16.8. The first kappa shape index (κ1) is 57.4. The van der Waals surface area contributed by atoms with Gasteiger partial charge in [0.15, 0.2) is 6.10 Å². The van der Waals surface area contributed by atoms with Crippen molar-refractivity contribution in [1.29, 1.82) is 0 Å². The van der Waals surface area contributed by atoms with Gasteiger partial charge in [-0.1, -0.05) is 253 Å². The Labute approximate surface area is 368 Å². The molecular weight excluding hydrogens is 733 g/mol.